The Kier molecular flexibility index (Phi) is 6.41. The Morgan fingerprint density at radius 2 is 1.74 bits per heavy atom. The third-order valence-corrected chi connectivity index (χ3v) is 8.73. The van der Waals surface area contributed by atoms with E-state index < -0.39 is 0 Å². The zero-order valence-electron chi connectivity index (χ0n) is 21.0. The molecule has 0 bridgehead atoms. The lowest BCUT2D eigenvalue weighted by molar-refractivity contribution is -0.124. The number of amides is 1. The molecule has 9 heteroatoms. The minimum absolute atomic E-state index is 0.000957. The second-order valence-corrected chi connectivity index (χ2v) is 11.2. The van der Waals surface area contributed by atoms with Gasteiger partial charge in [0.15, 0.2) is 5.65 Å². The van der Waals surface area contributed by atoms with Crippen LogP contribution in [0.5, 0.6) is 0 Å². The predicted molar refractivity (Wildman–Crippen MR) is 136 cm³/mol. The zero-order chi connectivity index (χ0) is 23.8. The number of likely N-dealkylation sites (tertiary alicyclic amines) is 2. The molecular weight excluding hydrogens is 442 g/mol. The molecule has 6 heterocycles. The van der Waals surface area contributed by atoms with Crippen LogP contribution >= 0.6 is 0 Å². The van der Waals surface area contributed by atoms with E-state index in [1.807, 2.05) is 13.1 Å². The number of ether oxygens (including phenoxy) is 1. The van der Waals surface area contributed by atoms with E-state index in [0.717, 1.165) is 88.5 Å². The third kappa shape index (κ3) is 4.78. The first-order valence-corrected chi connectivity index (χ1v) is 13.5. The van der Waals surface area contributed by atoms with Crippen LogP contribution in [0.2, 0.25) is 0 Å². The van der Waals surface area contributed by atoms with Gasteiger partial charge in [-0.05, 0) is 57.7 Å². The van der Waals surface area contributed by atoms with Gasteiger partial charge in [0.2, 0.25) is 0 Å². The van der Waals surface area contributed by atoms with Crippen LogP contribution in [0.1, 0.15) is 48.9 Å². The van der Waals surface area contributed by atoms with Crippen molar-refractivity contribution in [3.63, 3.8) is 0 Å². The Morgan fingerprint density at radius 3 is 2.40 bits per heavy atom. The Labute approximate surface area is 207 Å². The number of pyridine rings is 1. The van der Waals surface area contributed by atoms with Gasteiger partial charge in [-0.1, -0.05) is 0 Å². The number of aryl methyl sites for hydroxylation is 1. The maximum absolute atomic E-state index is 13.6. The molecular formula is C26H39N7O2. The highest BCUT2D eigenvalue weighted by atomic mass is 16.5. The molecule has 4 fully saturated rings. The van der Waals surface area contributed by atoms with Crippen molar-refractivity contribution in [1.29, 1.82) is 0 Å². The molecule has 4 aliphatic rings. The number of nitrogens with one attached hydrogen (secondary N) is 1. The number of piperidine rings is 2. The molecule has 0 aromatic carbocycles. The quantitative estimate of drug-likeness (QED) is 0.675. The summed E-state index contributed by atoms with van der Waals surface area (Å²) in [7, 11) is 1.91. The monoisotopic (exact) mass is 481 g/mol. The van der Waals surface area contributed by atoms with Gasteiger partial charge >= 0.3 is 0 Å². The van der Waals surface area contributed by atoms with E-state index in [2.05, 4.69) is 25.1 Å². The number of nitrogens with zero attached hydrogens (tertiary/aromatic N) is 6. The summed E-state index contributed by atoms with van der Waals surface area (Å²) in [4.78, 5) is 26.0. The number of rotatable bonds is 6. The lowest BCUT2D eigenvalue weighted by Crippen LogP contribution is -2.51. The van der Waals surface area contributed by atoms with E-state index in [0.29, 0.717) is 11.0 Å². The van der Waals surface area contributed by atoms with E-state index in [1.54, 1.807) is 10.9 Å². The molecule has 1 spiro atoms. The van der Waals surface area contributed by atoms with Crippen molar-refractivity contribution in [2.45, 2.75) is 44.6 Å². The summed E-state index contributed by atoms with van der Waals surface area (Å²) in [5, 5.41) is 8.64. The van der Waals surface area contributed by atoms with Gasteiger partial charge in [-0.15, -0.1) is 0 Å². The van der Waals surface area contributed by atoms with Crippen LogP contribution in [-0.4, -0.2) is 102 Å². The van der Waals surface area contributed by atoms with Crippen LogP contribution < -0.4 is 10.2 Å². The van der Waals surface area contributed by atoms with Gasteiger partial charge in [0, 0.05) is 63.2 Å². The summed E-state index contributed by atoms with van der Waals surface area (Å²) < 4.78 is 7.29. The number of hydrogen-bond donors (Lipinski definition) is 1. The Hall–Kier alpha value is -2.23. The van der Waals surface area contributed by atoms with Crippen molar-refractivity contribution in [1.82, 2.24) is 29.9 Å². The molecule has 0 aliphatic carbocycles. The van der Waals surface area contributed by atoms with Gasteiger partial charge in [0.25, 0.3) is 5.91 Å². The number of hydrogen-bond acceptors (Lipinski definition) is 7. The van der Waals surface area contributed by atoms with Gasteiger partial charge in [-0.25, -0.2) is 4.98 Å². The highest BCUT2D eigenvalue weighted by Gasteiger charge is 2.42. The molecule has 0 unspecified atom stereocenters. The summed E-state index contributed by atoms with van der Waals surface area (Å²) in [6, 6.07) is 2.21. The van der Waals surface area contributed by atoms with Crippen molar-refractivity contribution in [3.05, 3.63) is 17.8 Å². The smallest absolute Gasteiger partial charge is 0.255 e. The van der Waals surface area contributed by atoms with Crippen LogP contribution in [0.3, 0.4) is 0 Å². The summed E-state index contributed by atoms with van der Waals surface area (Å²) in [6.07, 6.45) is 8.71. The molecule has 4 saturated heterocycles. The van der Waals surface area contributed by atoms with Crippen LogP contribution in [0.15, 0.2) is 12.3 Å². The maximum Gasteiger partial charge on any atom is 0.255 e. The topological polar surface area (TPSA) is 78.8 Å². The van der Waals surface area contributed by atoms with E-state index in [9.17, 15) is 4.79 Å². The van der Waals surface area contributed by atoms with Crippen LogP contribution in [0, 0.1) is 5.41 Å². The molecule has 1 amide bonds. The average molecular weight is 482 g/mol. The SMILES string of the molecule is Cn1ncc2cc(C(=O)NC3CCN(CCN4CCCC4)CC3)c(N3CCC4(CC3)COC4)nc21. The van der Waals surface area contributed by atoms with E-state index in [1.165, 1.54) is 32.5 Å². The van der Waals surface area contributed by atoms with Gasteiger partial charge in [0.05, 0.1) is 25.0 Å². The molecule has 0 saturated carbocycles. The zero-order valence-corrected chi connectivity index (χ0v) is 21.0. The van der Waals surface area contributed by atoms with Crippen molar-refractivity contribution >= 4 is 22.8 Å². The second-order valence-electron chi connectivity index (χ2n) is 11.2. The normalized spacial score (nSPS) is 23.7. The van der Waals surface area contributed by atoms with Gasteiger partial charge in [0.1, 0.15) is 5.82 Å². The van der Waals surface area contributed by atoms with E-state index >= 15 is 0 Å². The van der Waals surface area contributed by atoms with Crippen molar-refractivity contribution in [3.8, 4) is 0 Å². The Morgan fingerprint density at radius 1 is 1.06 bits per heavy atom. The maximum atomic E-state index is 13.6. The second kappa shape index (κ2) is 9.67. The van der Waals surface area contributed by atoms with Gasteiger partial charge in [-0.2, -0.15) is 5.10 Å². The van der Waals surface area contributed by atoms with Crippen LogP contribution in [0.4, 0.5) is 5.82 Å². The van der Waals surface area contributed by atoms with Crippen LogP contribution in [0.25, 0.3) is 11.0 Å². The fourth-order valence-corrected chi connectivity index (χ4v) is 6.20. The number of carbonyl (C=O) groups excluding carboxylic acids is 1. The van der Waals surface area contributed by atoms with Crippen molar-refractivity contribution in [2.75, 3.05) is 70.5 Å². The molecule has 9 nitrogen and oxygen atoms in total. The molecule has 0 atom stereocenters. The Bertz CT molecular complexity index is 1040. The van der Waals surface area contributed by atoms with Gasteiger partial charge < -0.3 is 24.8 Å². The van der Waals surface area contributed by atoms with Crippen molar-refractivity contribution < 1.29 is 9.53 Å². The molecule has 6 rings (SSSR count). The standard InChI is InChI=1S/C26H39N7O2/c1-30-23-20(17-27-30)16-22(24(29-23)33-12-6-26(7-13-33)18-35-19-26)25(34)28-21-4-10-32(11-5-21)15-14-31-8-2-3-9-31/h16-17,21H,2-15,18-19H2,1H3,(H,28,34). The van der Waals surface area contributed by atoms with Crippen LogP contribution in [-0.2, 0) is 11.8 Å². The molecule has 2 aromatic rings. The third-order valence-electron chi connectivity index (χ3n) is 8.73. The number of carbonyl (C=O) groups is 1. The fraction of sp³-hybridized carbons (Fsp3) is 0.731. The minimum atomic E-state index is 0.000957. The summed E-state index contributed by atoms with van der Waals surface area (Å²) in [6.45, 7) is 10.5. The first kappa shape index (κ1) is 23.2. The molecule has 35 heavy (non-hydrogen) atoms. The van der Waals surface area contributed by atoms with Gasteiger partial charge in [-0.3, -0.25) is 9.48 Å². The summed E-state index contributed by atoms with van der Waals surface area (Å²) >= 11 is 0. The lowest BCUT2D eigenvalue weighted by atomic mass is 9.77. The highest BCUT2D eigenvalue weighted by Crippen LogP contribution is 2.40. The summed E-state index contributed by atoms with van der Waals surface area (Å²) in [5.74, 6) is 0.803. The first-order chi connectivity index (χ1) is 17.1. The molecule has 0 radical (unpaired) electrons. The predicted octanol–water partition coefficient (Wildman–Crippen LogP) is 1.88. The number of fused-ring (bicyclic) bond motifs is 1. The van der Waals surface area contributed by atoms with E-state index in [-0.39, 0.29) is 11.9 Å². The Balaban J connectivity index is 1.11. The molecule has 1 N–H and O–H groups in total. The average Bonchev–Trinajstić information content (AvgIpc) is 3.52. The molecule has 190 valence electrons. The van der Waals surface area contributed by atoms with Crippen molar-refractivity contribution in [2.24, 2.45) is 12.5 Å². The highest BCUT2D eigenvalue weighted by molar-refractivity contribution is 6.02. The summed E-state index contributed by atoms with van der Waals surface area (Å²) in [5.41, 5.74) is 1.86. The molecule has 4 aliphatic heterocycles. The minimum Gasteiger partial charge on any atom is -0.380 e. The first-order valence-electron chi connectivity index (χ1n) is 13.5. The molecule has 2 aromatic heterocycles. The van der Waals surface area contributed by atoms with E-state index in [4.69, 9.17) is 9.72 Å². The largest absolute Gasteiger partial charge is 0.380 e. The number of aromatic nitrogens is 3. The number of anilines is 1. The fourth-order valence-electron chi connectivity index (χ4n) is 6.20. The lowest BCUT2D eigenvalue weighted by Gasteiger charge is -2.47.